The van der Waals surface area contributed by atoms with E-state index in [0.29, 0.717) is 13.0 Å². The van der Waals surface area contributed by atoms with Gasteiger partial charge in [0.25, 0.3) is 0 Å². The van der Waals surface area contributed by atoms with Crippen LogP contribution >= 0.6 is 7.06 Å². The summed E-state index contributed by atoms with van der Waals surface area (Å²) < 4.78 is 141. The molecule has 2 nitrogen and oxygen atoms in total. The van der Waals surface area contributed by atoms with Gasteiger partial charge in [0.2, 0.25) is 0 Å². The van der Waals surface area contributed by atoms with Crippen LogP contribution in [0.5, 0.6) is 0 Å². The number of halogens is 9. The number of hydrogen-bond acceptors (Lipinski definition) is 2. The molecule has 0 bridgehead atoms. The Hall–Kier alpha value is -1.84. The molecule has 0 aliphatic carbocycles. The quantitative estimate of drug-likeness (QED) is 0.277. The predicted molar refractivity (Wildman–Crippen MR) is 108 cm³/mol. The first-order valence-corrected chi connectivity index (χ1v) is 12.1. The summed E-state index contributed by atoms with van der Waals surface area (Å²) in [6.07, 6.45) is -17.3. The summed E-state index contributed by atoms with van der Waals surface area (Å²) in [6, 6.07) is 8.22. The Morgan fingerprint density at radius 2 is 1.03 bits per heavy atom. The van der Waals surface area contributed by atoms with E-state index in [9.17, 15) is 39.5 Å². The van der Waals surface area contributed by atoms with Gasteiger partial charge >= 0.3 is 188 Å². The van der Waals surface area contributed by atoms with Crippen LogP contribution in [0.4, 0.5) is 39.5 Å². The van der Waals surface area contributed by atoms with Crippen molar-refractivity contribution in [3.63, 3.8) is 0 Å². The molecular weight excluding hydrogens is 498 g/mol. The van der Waals surface area contributed by atoms with Gasteiger partial charge in [-0.2, -0.15) is 0 Å². The minimum absolute atomic E-state index is 0.441. The van der Waals surface area contributed by atoms with Crippen molar-refractivity contribution in [2.24, 2.45) is 0 Å². The van der Waals surface area contributed by atoms with Crippen molar-refractivity contribution < 1.29 is 48.6 Å². The van der Waals surface area contributed by atoms with Crippen LogP contribution in [0, 0.1) is 0 Å². The van der Waals surface area contributed by atoms with E-state index in [1.807, 2.05) is 0 Å². The maximum atomic E-state index is 14.5. The zero-order valence-electron chi connectivity index (χ0n) is 18.3. The average molecular weight is 518 g/mol. The Labute approximate surface area is 189 Å². The van der Waals surface area contributed by atoms with E-state index in [-0.39, 0.29) is 0 Å². The van der Waals surface area contributed by atoms with Gasteiger partial charge in [-0.05, 0) is 0 Å². The van der Waals surface area contributed by atoms with Gasteiger partial charge in [0.1, 0.15) is 0 Å². The molecule has 0 amide bonds. The third-order valence-corrected chi connectivity index (χ3v) is 13.1. The molecule has 0 fully saturated rings. The fourth-order valence-electron chi connectivity index (χ4n) is 5.18. The summed E-state index contributed by atoms with van der Waals surface area (Å²) in [5, 5.41) is -2.88. The summed E-state index contributed by atoms with van der Waals surface area (Å²) in [6.45, 7) is 4.32. The van der Waals surface area contributed by atoms with E-state index < -0.39 is 63.7 Å². The van der Waals surface area contributed by atoms with Crippen LogP contribution in [0.25, 0.3) is 0 Å². The third-order valence-electron chi connectivity index (χ3n) is 6.80. The SMILES string of the molecule is CC(C)(C)P12(OC(C(F)(F)F)(C(F)(F)F)c3ccccc31)O[C@](C)(C(F)(F)F)c1ccccc12. The standard InChI is InChI=1S/C22H20F9O2P/c1-17(2,3)34(15-11-7-5-9-13(15)18(4,32-34)20(23,24)25)16-12-8-6-10-14(16)19(33-34,21(26,27)28)22(29,30)31/h5-12H,1-4H3/t18-/m0/s1. The number of fused-ring (bicyclic) bond motifs is 4. The number of rotatable bonds is 0. The van der Waals surface area contributed by atoms with Crippen LogP contribution in [0.1, 0.15) is 38.8 Å². The van der Waals surface area contributed by atoms with E-state index in [1.165, 1.54) is 39.0 Å². The van der Waals surface area contributed by atoms with Crippen LogP contribution < -0.4 is 10.6 Å². The molecular formula is C22H20F9O2P. The molecule has 0 radical (unpaired) electrons. The molecule has 34 heavy (non-hydrogen) atoms. The van der Waals surface area contributed by atoms with Crippen molar-refractivity contribution in [1.82, 2.24) is 0 Å². The first kappa shape index (κ1) is 25.3. The molecule has 2 heterocycles. The fraction of sp³-hybridized carbons (Fsp3) is 0.455. The van der Waals surface area contributed by atoms with Crippen LogP contribution in [0.3, 0.4) is 0 Å². The maximum absolute atomic E-state index is 14.5. The van der Waals surface area contributed by atoms with E-state index in [1.54, 1.807) is 0 Å². The second kappa shape index (κ2) is 6.48. The van der Waals surface area contributed by atoms with Gasteiger partial charge in [-0.3, -0.25) is 0 Å². The van der Waals surface area contributed by atoms with Gasteiger partial charge in [0.05, 0.1) is 0 Å². The van der Waals surface area contributed by atoms with Crippen LogP contribution in [0.15, 0.2) is 48.5 Å². The molecule has 2 aromatic rings. The molecule has 188 valence electrons. The minimum atomic E-state index is -6.07. The van der Waals surface area contributed by atoms with Gasteiger partial charge in [-0.25, -0.2) is 0 Å². The molecule has 4 rings (SSSR count). The summed E-state index contributed by atoms with van der Waals surface area (Å²) in [5.74, 6) is 0. The van der Waals surface area contributed by atoms with Gasteiger partial charge in [-0.15, -0.1) is 0 Å². The predicted octanol–water partition coefficient (Wildman–Crippen LogP) is 6.98. The summed E-state index contributed by atoms with van der Waals surface area (Å²) in [7, 11) is -5.85. The van der Waals surface area contributed by atoms with Crippen molar-refractivity contribution in [1.29, 1.82) is 0 Å². The average Bonchev–Trinajstić information content (AvgIpc) is 3.11. The van der Waals surface area contributed by atoms with E-state index in [4.69, 9.17) is 9.05 Å². The van der Waals surface area contributed by atoms with Crippen molar-refractivity contribution in [2.45, 2.75) is 62.6 Å². The normalized spacial score (nSPS) is 26.6. The number of hydrogen-bond donors (Lipinski definition) is 0. The Balaban J connectivity index is 2.30. The molecule has 1 spiro atoms. The Morgan fingerprint density at radius 3 is 1.44 bits per heavy atom. The monoisotopic (exact) mass is 518 g/mol. The first-order valence-electron chi connectivity index (χ1n) is 10.0. The molecule has 0 unspecified atom stereocenters. The molecule has 1 atom stereocenters. The summed E-state index contributed by atoms with van der Waals surface area (Å²) in [4.78, 5) is 0. The number of alkyl halides is 9. The Bertz CT molecular complexity index is 1150. The van der Waals surface area contributed by atoms with Crippen molar-refractivity contribution >= 4 is 17.7 Å². The molecule has 0 saturated carbocycles. The second-order valence-corrected chi connectivity index (χ2v) is 14.1. The summed E-state index contributed by atoms with van der Waals surface area (Å²) in [5.41, 5.74) is -10.0. The van der Waals surface area contributed by atoms with Crippen molar-refractivity contribution in [2.75, 3.05) is 0 Å². The molecule has 12 heteroatoms. The van der Waals surface area contributed by atoms with Gasteiger partial charge < -0.3 is 0 Å². The second-order valence-electron chi connectivity index (χ2n) is 9.55. The topological polar surface area (TPSA) is 18.5 Å². The number of benzene rings is 2. The zero-order chi connectivity index (χ0) is 25.8. The Kier molecular flexibility index (Phi) is 4.81. The van der Waals surface area contributed by atoms with E-state index in [0.717, 1.165) is 24.3 Å². The molecule has 2 aromatic carbocycles. The van der Waals surface area contributed by atoms with Crippen LogP contribution in [-0.2, 0) is 20.2 Å². The fourth-order valence-corrected chi connectivity index (χ4v) is 11.7. The van der Waals surface area contributed by atoms with Gasteiger partial charge in [0, 0.05) is 0 Å². The first-order chi connectivity index (χ1) is 15.2. The van der Waals surface area contributed by atoms with Crippen LogP contribution in [-0.4, -0.2) is 23.7 Å². The van der Waals surface area contributed by atoms with E-state index >= 15 is 0 Å². The van der Waals surface area contributed by atoms with Gasteiger partial charge in [-0.1, -0.05) is 0 Å². The third kappa shape index (κ3) is 2.51. The molecule has 0 saturated heterocycles. The van der Waals surface area contributed by atoms with E-state index in [2.05, 4.69) is 0 Å². The molecule has 0 aromatic heterocycles. The van der Waals surface area contributed by atoms with Crippen molar-refractivity contribution in [3.05, 3.63) is 59.7 Å². The Morgan fingerprint density at radius 1 is 0.618 bits per heavy atom. The van der Waals surface area contributed by atoms with Crippen molar-refractivity contribution in [3.8, 4) is 0 Å². The zero-order valence-corrected chi connectivity index (χ0v) is 19.2. The molecule has 2 aliphatic heterocycles. The summed E-state index contributed by atoms with van der Waals surface area (Å²) >= 11 is 0. The van der Waals surface area contributed by atoms with Crippen LogP contribution in [0.2, 0.25) is 0 Å². The van der Waals surface area contributed by atoms with Gasteiger partial charge in [0.15, 0.2) is 0 Å². The molecule has 0 N–H and O–H groups in total. The molecule has 2 aliphatic rings.